The van der Waals surface area contributed by atoms with E-state index in [1.807, 2.05) is 36.4 Å². The van der Waals surface area contributed by atoms with Gasteiger partial charge in [0.1, 0.15) is 5.75 Å². The van der Waals surface area contributed by atoms with Crippen molar-refractivity contribution in [1.29, 1.82) is 0 Å². The van der Waals surface area contributed by atoms with Gasteiger partial charge in [-0.1, -0.05) is 25.1 Å². The molecule has 1 unspecified atom stereocenters. The highest BCUT2D eigenvalue weighted by Gasteiger charge is 2.26. The molecular formula is C21H23NO4. The van der Waals surface area contributed by atoms with Gasteiger partial charge in [-0.3, -0.25) is 4.79 Å². The van der Waals surface area contributed by atoms with E-state index in [1.165, 1.54) is 5.57 Å². The normalized spacial score (nSPS) is 19.7. The second kappa shape index (κ2) is 7.60. The largest absolute Gasteiger partial charge is 0.497 e. The van der Waals surface area contributed by atoms with Crippen molar-refractivity contribution in [3.63, 3.8) is 0 Å². The molecule has 1 atom stereocenters. The Hall–Kier alpha value is -2.82. The number of nitrogens with one attached hydrogen (secondary N) is 1. The maximum absolute atomic E-state index is 12.4. The molecule has 1 aromatic rings. The lowest BCUT2D eigenvalue weighted by molar-refractivity contribution is -0.133. The number of hydrogen-bond donors (Lipinski definition) is 2. The van der Waals surface area contributed by atoms with Crippen molar-refractivity contribution < 1.29 is 19.4 Å². The number of rotatable bonds is 5. The van der Waals surface area contributed by atoms with Crippen molar-refractivity contribution in [3.05, 3.63) is 58.8 Å². The smallest absolute Gasteiger partial charge is 0.332 e. The van der Waals surface area contributed by atoms with Crippen LogP contribution in [-0.4, -0.2) is 24.1 Å². The Morgan fingerprint density at radius 2 is 1.81 bits per heavy atom. The minimum Gasteiger partial charge on any atom is -0.497 e. The zero-order valence-electron chi connectivity index (χ0n) is 15.0. The highest BCUT2D eigenvalue weighted by molar-refractivity contribution is 6.03. The number of benzene rings is 1. The topological polar surface area (TPSA) is 75.6 Å². The van der Waals surface area contributed by atoms with Crippen LogP contribution < -0.4 is 10.1 Å². The Morgan fingerprint density at radius 3 is 2.42 bits per heavy atom. The van der Waals surface area contributed by atoms with Gasteiger partial charge in [-0.25, -0.2) is 4.79 Å². The van der Waals surface area contributed by atoms with Crippen molar-refractivity contribution in [3.8, 4) is 5.75 Å². The average molecular weight is 353 g/mol. The molecule has 5 heteroatoms. The third-order valence-electron chi connectivity index (χ3n) is 4.97. The van der Waals surface area contributed by atoms with E-state index in [9.17, 15) is 14.7 Å². The van der Waals surface area contributed by atoms with E-state index in [0.717, 1.165) is 23.4 Å². The molecule has 1 amide bonds. The molecule has 136 valence electrons. The maximum Gasteiger partial charge on any atom is 0.332 e. The molecule has 2 aliphatic rings. The summed E-state index contributed by atoms with van der Waals surface area (Å²) in [7, 11) is 1.64. The summed E-state index contributed by atoms with van der Waals surface area (Å²) in [5.41, 5.74) is 3.82. The van der Waals surface area contributed by atoms with Crippen LogP contribution in [0.3, 0.4) is 0 Å². The Kier molecular flexibility index (Phi) is 5.26. The van der Waals surface area contributed by atoms with Gasteiger partial charge >= 0.3 is 5.97 Å². The quantitative estimate of drug-likeness (QED) is 0.847. The molecule has 26 heavy (non-hydrogen) atoms. The predicted molar refractivity (Wildman–Crippen MR) is 99.5 cm³/mol. The number of allylic oxidation sites excluding steroid dienone is 4. The number of carboxylic acids is 1. The lowest BCUT2D eigenvalue weighted by atomic mass is 9.86. The molecule has 0 aliphatic heterocycles. The number of carbonyl (C=O) groups excluding carboxylic acids is 1. The molecule has 3 rings (SSSR count). The second-order valence-electron chi connectivity index (χ2n) is 6.72. The van der Waals surface area contributed by atoms with E-state index < -0.39 is 5.97 Å². The second-order valence-corrected chi connectivity index (χ2v) is 6.72. The molecule has 0 heterocycles. The van der Waals surface area contributed by atoms with Crippen LogP contribution in [0.5, 0.6) is 5.75 Å². The number of amides is 1. The Bertz CT molecular complexity index is 815. The molecule has 2 N–H and O–H groups in total. The summed E-state index contributed by atoms with van der Waals surface area (Å²) in [5, 5.41) is 12.1. The summed E-state index contributed by atoms with van der Waals surface area (Å²) >= 11 is 0. The van der Waals surface area contributed by atoms with Crippen molar-refractivity contribution >= 4 is 17.4 Å². The van der Waals surface area contributed by atoms with E-state index in [1.54, 1.807) is 7.11 Å². The number of aliphatic carboxylic acids is 1. The fraction of sp³-hybridized carbons (Fsp3) is 0.333. The highest BCUT2D eigenvalue weighted by Crippen LogP contribution is 2.33. The van der Waals surface area contributed by atoms with Gasteiger partial charge in [0.2, 0.25) is 0 Å². The number of carbonyl (C=O) groups is 2. The number of ether oxygens (including phenoxy) is 1. The van der Waals surface area contributed by atoms with Crippen molar-refractivity contribution in [2.24, 2.45) is 5.92 Å². The highest BCUT2D eigenvalue weighted by atomic mass is 16.5. The number of hydrogen-bond acceptors (Lipinski definition) is 3. The zero-order valence-corrected chi connectivity index (χ0v) is 15.0. The van der Waals surface area contributed by atoms with Crippen LogP contribution in [0.1, 0.15) is 38.2 Å². The third-order valence-corrected chi connectivity index (χ3v) is 4.97. The molecule has 0 bridgehead atoms. The summed E-state index contributed by atoms with van der Waals surface area (Å²) in [5.74, 6) is -0.194. The summed E-state index contributed by atoms with van der Waals surface area (Å²) in [4.78, 5) is 23.7. The van der Waals surface area contributed by atoms with Crippen molar-refractivity contribution in [1.82, 2.24) is 5.32 Å². The summed E-state index contributed by atoms with van der Waals surface area (Å²) in [6, 6.07) is 7.93. The van der Waals surface area contributed by atoms with Gasteiger partial charge in [0.05, 0.1) is 7.11 Å². The van der Waals surface area contributed by atoms with Crippen LogP contribution in [0.15, 0.2) is 53.3 Å². The lowest BCUT2D eigenvalue weighted by Crippen LogP contribution is -2.27. The molecule has 1 aromatic carbocycles. The van der Waals surface area contributed by atoms with Gasteiger partial charge in [0.25, 0.3) is 5.91 Å². The van der Waals surface area contributed by atoms with Crippen LogP contribution in [0, 0.1) is 5.92 Å². The zero-order chi connectivity index (χ0) is 18.7. The van der Waals surface area contributed by atoms with Gasteiger partial charge < -0.3 is 15.2 Å². The molecule has 0 radical (unpaired) electrons. The maximum atomic E-state index is 12.4. The summed E-state index contributed by atoms with van der Waals surface area (Å²) in [6.07, 6.45) is 6.36. The minimum atomic E-state index is -0.986. The molecule has 0 aromatic heterocycles. The summed E-state index contributed by atoms with van der Waals surface area (Å²) < 4.78 is 5.19. The Labute approximate surface area is 153 Å². The van der Waals surface area contributed by atoms with Crippen LogP contribution in [-0.2, 0) is 9.59 Å². The van der Waals surface area contributed by atoms with E-state index in [2.05, 4.69) is 12.2 Å². The van der Waals surface area contributed by atoms with E-state index >= 15 is 0 Å². The SMILES string of the molecule is COc1ccc(C2=CC=C(NC(=O)C3=C(C(=O)O)CCC3)CC2C)cc1. The molecule has 0 saturated carbocycles. The van der Waals surface area contributed by atoms with Gasteiger partial charge in [-0.05, 0) is 60.9 Å². The molecule has 2 aliphatic carbocycles. The van der Waals surface area contributed by atoms with Gasteiger partial charge in [0.15, 0.2) is 0 Å². The van der Waals surface area contributed by atoms with E-state index in [0.29, 0.717) is 24.8 Å². The van der Waals surface area contributed by atoms with Crippen molar-refractivity contribution in [2.45, 2.75) is 32.6 Å². The number of methoxy groups -OCH3 is 1. The van der Waals surface area contributed by atoms with Crippen molar-refractivity contribution in [2.75, 3.05) is 7.11 Å². The third kappa shape index (κ3) is 3.72. The minimum absolute atomic E-state index is 0.250. The fourth-order valence-electron chi connectivity index (χ4n) is 3.57. The molecule has 5 nitrogen and oxygen atoms in total. The molecule has 0 spiro atoms. The Morgan fingerprint density at radius 1 is 1.12 bits per heavy atom. The Balaban J connectivity index is 1.75. The first kappa shape index (κ1) is 18.0. The predicted octanol–water partition coefficient (Wildman–Crippen LogP) is 3.68. The number of carboxylic acid groups (broad SMARTS) is 1. The van der Waals surface area contributed by atoms with Crippen LogP contribution in [0.25, 0.3) is 5.57 Å². The fourth-order valence-corrected chi connectivity index (χ4v) is 3.57. The van der Waals surface area contributed by atoms with E-state index in [4.69, 9.17) is 4.74 Å². The lowest BCUT2D eigenvalue weighted by Gasteiger charge is -2.23. The average Bonchev–Trinajstić information content (AvgIpc) is 3.12. The standard InChI is InChI=1S/C21H23NO4/c1-13-12-15(22-20(23)18-4-3-5-19(18)21(24)25)8-11-17(13)14-6-9-16(26-2)10-7-14/h6-11,13H,3-5,12H2,1-2H3,(H,22,23)(H,24,25). The molecule has 0 fully saturated rings. The van der Waals surface area contributed by atoms with Gasteiger partial charge in [-0.2, -0.15) is 0 Å². The van der Waals surface area contributed by atoms with Crippen LogP contribution in [0.2, 0.25) is 0 Å². The molecular weight excluding hydrogens is 330 g/mol. The summed E-state index contributed by atoms with van der Waals surface area (Å²) in [6.45, 7) is 2.12. The monoisotopic (exact) mass is 353 g/mol. The first-order valence-electron chi connectivity index (χ1n) is 8.81. The molecule has 0 saturated heterocycles. The first-order valence-corrected chi connectivity index (χ1v) is 8.81. The van der Waals surface area contributed by atoms with Crippen LogP contribution >= 0.6 is 0 Å². The van der Waals surface area contributed by atoms with E-state index in [-0.39, 0.29) is 17.4 Å². The van der Waals surface area contributed by atoms with Gasteiger partial charge in [0, 0.05) is 16.8 Å². The van der Waals surface area contributed by atoms with Gasteiger partial charge in [-0.15, -0.1) is 0 Å². The van der Waals surface area contributed by atoms with Crippen LogP contribution in [0.4, 0.5) is 0 Å². The first-order chi connectivity index (χ1) is 12.5.